The van der Waals surface area contributed by atoms with E-state index in [-0.39, 0.29) is 25.2 Å². The summed E-state index contributed by atoms with van der Waals surface area (Å²) in [4.78, 5) is 25.2. The molecule has 1 aliphatic rings. The van der Waals surface area contributed by atoms with Gasteiger partial charge in [0.15, 0.2) is 11.5 Å². The van der Waals surface area contributed by atoms with Crippen molar-refractivity contribution in [2.75, 3.05) is 6.79 Å². The molecule has 1 heterocycles. The average molecular weight is 404 g/mol. The summed E-state index contributed by atoms with van der Waals surface area (Å²) in [6.45, 7) is 5.67. The smallest absolute Gasteiger partial charge is 0.329 e. The van der Waals surface area contributed by atoms with Gasteiger partial charge < -0.3 is 19.5 Å². The zero-order valence-corrected chi connectivity index (χ0v) is 16.7. The molecule has 1 atom stereocenters. The van der Waals surface area contributed by atoms with E-state index in [1.165, 1.54) is 0 Å². The van der Waals surface area contributed by atoms with Crippen LogP contribution in [0.5, 0.6) is 11.5 Å². The lowest BCUT2D eigenvalue weighted by Gasteiger charge is -2.21. The van der Waals surface area contributed by atoms with Crippen molar-refractivity contribution < 1.29 is 23.8 Å². The maximum atomic E-state index is 12.6. The molecule has 1 N–H and O–H groups in total. The number of hydrogen-bond acceptors (Lipinski definition) is 5. The average Bonchev–Trinajstić information content (AvgIpc) is 3.13. The molecule has 0 saturated carbocycles. The fraction of sp³-hybridized carbons (Fsp3) is 0.333. The number of carbonyl (C=O) groups is 2. The van der Waals surface area contributed by atoms with Crippen LogP contribution in [0.15, 0.2) is 36.4 Å². The molecule has 28 heavy (non-hydrogen) atoms. The highest BCUT2D eigenvalue weighted by atomic mass is 35.5. The Labute approximate surface area is 168 Å². The molecule has 0 saturated heterocycles. The second-order valence-corrected chi connectivity index (χ2v) is 7.34. The molecule has 3 rings (SSSR count). The van der Waals surface area contributed by atoms with Gasteiger partial charge in [-0.25, -0.2) is 4.79 Å². The van der Waals surface area contributed by atoms with Gasteiger partial charge in [-0.15, -0.1) is 0 Å². The van der Waals surface area contributed by atoms with Crippen molar-refractivity contribution in [2.45, 2.75) is 33.4 Å². The number of aryl methyl sites for hydroxylation is 1. The number of halogens is 1. The van der Waals surface area contributed by atoms with Crippen LogP contribution >= 0.6 is 11.6 Å². The van der Waals surface area contributed by atoms with E-state index in [2.05, 4.69) is 5.32 Å². The van der Waals surface area contributed by atoms with Crippen LogP contribution in [0.4, 0.5) is 0 Å². The zero-order valence-electron chi connectivity index (χ0n) is 16.0. The minimum atomic E-state index is -0.767. The Morgan fingerprint density at radius 1 is 1.21 bits per heavy atom. The second-order valence-electron chi connectivity index (χ2n) is 6.93. The number of carbonyl (C=O) groups excluding carboxylic acids is 2. The summed E-state index contributed by atoms with van der Waals surface area (Å²) < 4.78 is 16.0. The van der Waals surface area contributed by atoms with E-state index in [9.17, 15) is 9.59 Å². The number of rotatable bonds is 6. The van der Waals surface area contributed by atoms with E-state index < -0.39 is 12.0 Å². The minimum Gasteiger partial charge on any atom is -0.459 e. The number of hydrogen-bond donors (Lipinski definition) is 1. The van der Waals surface area contributed by atoms with Gasteiger partial charge in [0.05, 0.1) is 5.02 Å². The molecule has 0 unspecified atom stereocenters. The van der Waals surface area contributed by atoms with Crippen LogP contribution in [-0.4, -0.2) is 24.7 Å². The normalized spacial score (nSPS) is 13.3. The van der Waals surface area contributed by atoms with Crippen LogP contribution in [0.25, 0.3) is 0 Å². The quantitative estimate of drug-likeness (QED) is 0.741. The highest BCUT2D eigenvalue weighted by Crippen LogP contribution is 2.39. The van der Waals surface area contributed by atoms with Crippen molar-refractivity contribution in [2.24, 2.45) is 5.92 Å². The Morgan fingerprint density at radius 3 is 2.68 bits per heavy atom. The number of nitrogens with one attached hydrogen (secondary N) is 1. The van der Waals surface area contributed by atoms with Crippen LogP contribution in [0.1, 0.15) is 35.3 Å². The fourth-order valence-electron chi connectivity index (χ4n) is 2.89. The molecule has 0 spiro atoms. The predicted molar refractivity (Wildman–Crippen MR) is 105 cm³/mol. The molecule has 1 amide bonds. The number of ether oxygens (including phenoxy) is 3. The maximum absolute atomic E-state index is 12.6. The Morgan fingerprint density at radius 2 is 1.96 bits per heavy atom. The van der Waals surface area contributed by atoms with Crippen LogP contribution in [0.2, 0.25) is 5.02 Å². The first-order valence-corrected chi connectivity index (χ1v) is 9.35. The summed E-state index contributed by atoms with van der Waals surface area (Å²) in [6.07, 6.45) is 0. The molecule has 148 valence electrons. The first-order valence-electron chi connectivity index (χ1n) is 8.98. The van der Waals surface area contributed by atoms with Crippen LogP contribution in [-0.2, 0) is 16.1 Å². The standard InChI is InChI=1S/C21H22ClNO5/c1-12(2)18(23-20(24)15-7-5-4-6-13(15)3)21(25)26-10-14-8-16(22)19-17(9-14)27-11-28-19/h4-9,12,18H,10-11H2,1-3H3,(H,23,24)/t18-/m0/s1. The van der Waals surface area contributed by atoms with Crippen molar-refractivity contribution in [3.8, 4) is 11.5 Å². The Bertz CT molecular complexity index is 896. The highest BCUT2D eigenvalue weighted by Gasteiger charge is 2.27. The summed E-state index contributed by atoms with van der Waals surface area (Å²) >= 11 is 6.15. The van der Waals surface area contributed by atoms with Crippen LogP contribution in [0, 0.1) is 12.8 Å². The van der Waals surface area contributed by atoms with Gasteiger partial charge in [-0.05, 0) is 42.2 Å². The van der Waals surface area contributed by atoms with Gasteiger partial charge in [-0.1, -0.05) is 43.6 Å². The van der Waals surface area contributed by atoms with Crippen molar-refractivity contribution in [3.63, 3.8) is 0 Å². The largest absolute Gasteiger partial charge is 0.459 e. The zero-order chi connectivity index (χ0) is 20.3. The molecule has 6 nitrogen and oxygen atoms in total. The Hall–Kier alpha value is -2.73. The molecule has 0 aromatic heterocycles. The molecule has 2 aromatic rings. The molecule has 0 radical (unpaired) electrons. The first kappa shape index (κ1) is 20.0. The van der Waals surface area contributed by atoms with Gasteiger partial charge in [-0.2, -0.15) is 0 Å². The molecule has 0 fully saturated rings. The van der Waals surface area contributed by atoms with Gasteiger partial charge in [-0.3, -0.25) is 4.79 Å². The number of fused-ring (bicyclic) bond motifs is 1. The SMILES string of the molecule is Cc1ccccc1C(=O)N[C@H](C(=O)OCc1cc(Cl)c2c(c1)OCO2)C(C)C. The second kappa shape index (κ2) is 8.52. The number of esters is 1. The third-order valence-corrected chi connectivity index (χ3v) is 4.75. The van der Waals surface area contributed by atoms with E-state index in [4.69, 9.17) is 25.8 Å². The van der Waals surface area contributed by atoms with Crippen LogP contribution in [0.3, 0.4) is 0 Å². The summed E-state index contributed by atoms with van der Waals surface area (Å²) in [5.74, 6) is 0.0560. The van der Waals surface area contributed by atoms with E-state index in [0.29, 0.717) is 27.6 Å². The van der Waals surface area contributed by atoms with Gasteiger partial charge >= 0.3 is 5.97 Å². The third kappa shape index (κ3) is 4.39. The van der Waals surface area contributed by atoms with E-state index in [1.807, 2.05) is 32.9 Å². The lowest BCUT2D eigenvalue weighted by atomic mass is 10.0. The van der Waals surface area contributed by atoms with Crippen LogP contribution < -0.4 is 14.8 Å². The maximum Gasteiger partial charge on any atom is 0.329 e. The Kier molecular flexibility index (Phi) is 6.09. The van der Waals surface area contributed by atoms with Gasteiger partial charge in [0.25, 0.3) is 5.91 Å². The molecular weight excluding hydrogens is 382 g/mol. The van der Waals surface area contributed by atoms with Crippen molar-refractivity contribution in [3.05, 3.63) is 58.1 Å². The minimum absolute atomic E-state index is 0.0125. The fourth-order valence-corrected chi connectivity index (χ4v) is 3.18. The third-order valence-electron chi connectivity index (χ3n) is 4.46. The monoisotopic (exact) mass is 403 g/mol. The molecule has 1 aliphatic heterocycles. The summed E-state index contributed by atoms with van der Waals surface area (Å²) in [7, 11) is 0. The van der Waals surface area contributed by atoms with Gasteiger partial charge in [0.1, 0.15) is 12.6 Å². The predicted octanol–water partition coefficient (Wildman–Crippen LogP) is 3.87. The molecule has 0 aliphatic carbocycles. The Balaban J connectivity index is 1.66. The number of amides is 1. The molecule has 0 bridgehead atoms. The highest BCUT2D eigenvalue weighted by molar-refractivity contribution is 6.32. The number of benzene rings is 2. The molecule has 2 aromatic carbocycles. The summed E-state index contributed by atoms with van der Waals surface area (Å²) in [5.41, 5.74) is 2.05. The van der Waals surface area contributed by atoms with Gasteiger partial charge in [0, 0.05) is 5.56 Å². The van der Waals surface area contributed by atoms with Crippen molar-refractivity contribution >= 4 is 23.5 Å². The van der Waals surface area contributed by atoms with E-state index in [0.717, 1.165) is 5.56 Å². The van der Waals surface area contributed by atoms with E-state index in [1.54, 1.807) is 24.3 Å². The summed E-state index contributed by atoms with van der Waals surface area (Å²) in [5, 5.41) is 3.18. The molecule has 7 heteroatoms. The summed E-state index contributed by atoms with van der Waals surface area (Å²) in [6, 6.07) is 9.83. The van der Waals surface area contributed by atoms with Gasteiger partial charge in [0.2, 0.25) is 6.79 Å². The molecular formula is C21H22ClNO5. The first-order chi connectivity index (χ1) is 13.4. The van der Waals surface area contributed by atoms with Crippen molar-refractivity contribution in [1.29, 1.82) is 0 Å². The topological polar surface area (TPSA) is 73.9 Å². The lowest BCUT2D eigenvalue weighted by molar-refractivity contribution is -0.148. The van der Waals surface area contributed by atoms with Crippen molar-refractivity contribution in [1.82, 2.24) is 5.32 Å². The van der Waals surface area contributed by atoms with E-state index >= 15 is 0 Å². The lowest BCUT2D eigenvalue weighted by Crippen LogP contribution is -2.45.